The van der Waals surface area contributed by atoms with E-state index in [1.54, 1.807) is 13.8 Å². The molecule has 0 aliphatic heterocycles. The number of halogens is 7. The van der Waals surface area contributed by atoms with Crippen molar-refractivity contribution in [3.8, 4) is 0 Å². The summed E-state index contributed by atoms with van der Waals surface area (Å²) in [6.45, 7) is 10.2. The average Bonchev–Trinajstić information content (AvgIpc) is 2.75. The van der Waals surface area contributed by atoms with Crippen molar-refractivity contribution < 1.29 is 40.9 Å². The van der Waals surface area contributed by atoms with Gasteiger partial charge in [-0.25, -0.2) is 0 Å². The summed E-state index contributed by atoms with van der Waals surface area (Å²) in [6.07, 6.45) is -11.4. The second kappa shape index (κ2) is 13.3. The molecule has 1 fully saturated rings. The molecule has 216 valence electrons. The molecule has 0 amide bonds. The molecule has 1 saturated carbocycles. The topological polar surface area (TPSA) is 38.7 Å². The third-order valence-electron chi connectivity index (χ3n) is 8.66. The molecular formula is C26H45BrF6O3. The molecule has 10 heteroatoms. The molecule has 1 N–H and O–H groups in total. The molecule has 8 unspecified atom stereocenters. The maximum atomic E-state index is 14.6. The van der Waals surface area contributed by atoms with Crippen LogP contribution in [0.5, 0.6) is 0 Å². The summed E-state index contributed by atoms with van der Waals surface area (Å²) in [4.78, 5) is -0.762. The number of alkyl halides is 7. The van der Waals surface area contributed by atoms with E-state index in [0.717, 1.165) is 13.3 Å². The standard InChI is InChI=1S/C26H45BrF6O3/c1-8-13-23(6,10-3)22(34)36-21-16(4)14-18(15-20(21)27)24(25(28,29)30,26(31,32)33)17(5)11-12-19(9-2)35-7/h16-22,34H,8-15H2,1-7H3. The first-order valence-corrected chi connectivity index (χ1v) is 14.0. The van der Waals surface area contributed by atoms with Gasteiger partial charge >= 0.3 is 12.4 Å². The predicted octanol–water partition coefficient (Wildman–Crippen LogP) is 8.67. The first-order valence-electron chi connectivity index (χ1n) is 13.1. The number of hydrogen-bond acceptors (Lipinski definition) is 3. The fourth-order valence-electron chi connectivity index (χ4n) is 6.13. The van der Waals surface area contributed by atoms with Gasteiger partial charge < -0.3 is 14.6 Å². The smallest absolute Gasteiger partial charge is 0.381 e. The molecule has 3 nitrogen and oxygen atoms in total. The normalized spacial score (nSPS) is 28.4. The zero-order valence-corrected chi connectivity index (χ0v) is 24.2. The lowest BCUT2D eigenvalue weighted by atomic mass is 9.58. The average molecular weight is 600 g/mol. The van der Waals surface area contributed by atoms with Crippen molar-refractivity contribution in [2.75, 3.05) is 7.11 Å². The van der Waals surface area contributed by atoms with Crippen molar-refractivity contribution in [3.05, 3.63) is 0 Å². The highest BCUT2D eigenvalue weighted by atomic mass is 79.9. The number of ether oxygens (including phenoxy) is 2. The minimum atomic E-state index is -5.48. The van der Waals surface area contributed by atoms with Crippen LogP contribution in [0.4, 0.5) is 26.3 Å². The van der Waals surface area contributed by atoms with Crippen molar-refractivity contribution in [1.29, 1.82) is 0 Å². The molecule has 0 bridgehead atoms. The molecule has 1 aliphatic carbocycles. The molecule has 0 spiro atoms. The quantitative estimate of drug-likeness (QED) is 0.131. The van der Waals surface area contributed by atoms with Gasteiger partial charge in [-0.05, 0) is 62.7 Å². The zero-order valence-electron chi connectivity index (χ0n) is 22.6. The van der Waals surface area contributed by atoms with Crippen molar-refractivity contribution in [2.45, 2.75) is 129 Å². The van der Waals surface area contributed by atoms with E-state index in [0.29, 0.717) is 19.3 Å². The molecule has 36 heavy (non-hydrogen) atoms. The van der Waals surface area contributed by atoms with Gasteiger partial charge in [0.05, 0.1) is 12.2 Å². The van der Waals surface area contributed by atoms with Crippen LogP contribution in [0.2, 0.25) is 0 Å². The minimum absolute atomic E-state index is 0.118. The molecule has 0 saturated heterocycles. The highest BCUT2D eigenvalue weighted by Crippen LogP contribution is 2.64. The Labute approximate surface area is 221 Å². The second-order valence-electron chi connectivity index (χ2n) is 11.0. The monoisotopic (exact) mass is 598 g/mol. The Morgan fingerprint density at radius 2 is 1.56 bits per heavy atom. The van der Waals surface area contributed by atoms with Gasteiger partial charge in [-0.3, -0.25) is 0 Å². The Hall–Kier alpha value is -0.0600. The van der Waals surface area contributed by atoms with E-state index < -0.39 is 64.3 Å². The van der Waals surface area contributed by atoms with Gasteiger partial charge in [0.25, 0.3) is 0 Å². The summed E-state index contributed by atoms with van der Waals surface area (Å²) in [5.41, 5.74) is -4.40. The summed E-state index contributed by atoms with van der Waals surface area (Å²) in [5.74, 6) is -3.99. The van der Waals surface area contributed by atoms with E-state index in [4.69, 9.17) is 9.47 Å². The lowest BCUT2D eigenvalue weighted by molar-refractivity contribution is -0.380. The number of aliphatic hydroxyl groups excluding tert-OH is 1. The molecule has 1 aliphatic rings. The molecule has 0 aromatic carbocycles. The van der Waals surface area contributed by atoms with Crippen LogP contribution in [0.15, 0.2) is 0 Å². The van der Waals surface area contributed by atoms with Crippen LogP contribution in [0.1, 0.15) is 92.9 Å². The van der Waals surface area contributed by atoms with Gasteiger partial charge in [0.2, 0.25) is 0 Å². The van der Waals surface area contributed by atoms with Crippen molar-refractivity contribution in [3.63, 3.8) is 0 Å². The molecule has 0 aromatic rings. The Balaban J connectivity index is 3.32. The van der Waals surface area contributed by atoms with E-state index in [2.05, 4.69) is 15.9 Å². The van der Waals surface area contributed by atoms with Gasteiger partial charge in [-0.1, -0.05) is 63.9 Å². The van der Waals surface area contributed by atoms with Gasteiger partial charge in [0.15, 0.2) is 11.7 Å². The zero-order chi connectivity index (χ0) is 28.1. The SMILES string of the molecule is CCCC(C)(CC)C(O)OC1C(C)CC(C(C(C)CCC(CC)OC)(C(F)(F)F)C(F)(F)F)CC1Br. The largest absolute Gasteiger partial charge is 0.403 e. The van der Waals surface area contributed by atoms with Crippen LogP contribution < -0.4 is 0 Å². The van der Waals surface area contributed by atoms with Crippen LogP contribution in [0.3, 0.4) is 0 Å². The van der Waals surface area contributed by atoms with Crippen LogP contribution >= 0.6 is 15.9 Å². The first-order chi connectivity index (χ1) is 16.5. The molecular weight excluding hydrogens is 554 g/mol. The molecule has 8 atom stereocenters. The van der Waals surface area contributed by atoms with Crippen LogP contribution in [-0.2, 0) is 9.47 Å². The van der Waals surface area contributed by atoms with E-state index in [9.17, 15) is 31.4 Å². The van der Waals surface area contributed by atoms with Crippen molar-refractivity contribution >= 4 is 15.9 Å². The van der Waals surface area contributed by atoms with Gasteiger partial charge in [0.1, 0.15) is 0 Å². The molecule has 1 rings (SSSR count). The minimum Gasteiger partial charge on any atom is -0.381 e. The summed E-state index contributed by atoms with van der Waals surface area (Å²) >= 11 is 3.36. The Morgan fingerprint density at radius 3 is 1.94 bits per heavy atom. The number of methoxy groups -OCH3 is 1. The van der Waals surface area contributed by atoms with E-state index in [-0.39, 0.29) is 25.7 Å². The Kier molecular flexibility index (Phi) is 12.6. The molecule has 0 radical (unpaired) electrons. The molecule has 0 aromatic heterocycles. The third-order valence-corrected chi connectivity index (χ3v) is 9.56. The van der Waals surface area contributed by atoms with Crippen molar-refractivity contribution in [2.24, 2.45) is 28.6 Å². The van der Waals surface area contributed by atoms with Gasteiger partial charge in [-0.2, -0.15) is 26.3 Å². The fraction of sp³-hybridized carbons (Fsp3) is 1.00. The van der Waals surface area contributed by atoms with Crippen molar-refractivity contribution in [1.82, 2.24) is 0 Å². The predicted molar refractivity (Wildman–Crippen MR) is 133 cm³/mol. The first kappa shape index (κ1) is 34.0. The fourth-order valence-corrected chi connectivity index (χ4v) is 7.23. The maximum Gasteiger partial charge on any atom is 0.403 e. The maximum absolute atomic E-state index is 14.6. The number of aliphatic hydroxyl groups is 1. The Morgan fingerprint density at radius 1 is 1.00 bits per heavy atom. The summed E-state index contributed by atoms with van der Waals surface area (Å²) in [5, 5.41) is 10.8. The van der Waals surface area contributed by atoms with Crippen LogP contribution in [0, 0.1) is 28.6 Å². The summed E-state index contributed by atoms with van der Waals surface area (Å²) < 4.78 is 98.8. The van der Waals surface area contributed by atoms with E-state index in [1.807, 2.05) is 20.8 Å². The number of rotatable bonds is 13. The Bertz CT molecular complexity index is 629. The van der Waals surface area contributed by atoms with Gasteiger partial charge in [0, 0.05) is 17.4 Å². The van der Waals surface area contributed by atoms with E-state index >= 15 is 0 Å². The second-order valence-corrected chi connectivity index (χ2v) is 12.2. The van der Waals surface area contributed by atoms with Crippen LogP contribution in [-0.4, -0.2) is 47.9 Å². The summed E-state index contributed by atoms with van der Waals surface area (Å²) in [6, 6.07) is 0. The molecule has 0 heterocycles. The lowest BCUT2D eigenvalue weighted by Crippen LogP contribution is -2.61. The van der Waals surface area contributed by atoms with Gasteiger partial charge in [-0.15, -0.1) is 0 Å². The van der Waals surface area contributed by atoms with Crippen LogP contribution in [0.25, 0.3) is 0 Å². The van der Waals surface area contributed by atoms with E-state index in [1.165, 1.54) is 7.11 Å². The third kappa shape index (κ3) is 7.12. The lowest BCUT2D eigenvalue weighted by Gasteiger charge is -2.52. The number of hydrogen-bond donors (Lipinski definition) is 1. The summed E-state index contributed by atoms with van der Waals surface area (Å²) in [7, 11) is 1.41. The highest BCUT2D eigenvalue weighted by Gasteiger charge is 2.76. The highest BCUT2D eigenvalue weighted by molar-refractivity contribution is 9.09.